The molecule has 0 N–H and O–H groups in total. The minimum atomic E-state index is 0.432. The average Bonchev–Trinajstić information content (AvgIpc) is 1.56. The second kappa shape index (κ2) is 2.11. The smallest absolute Gasteiger partial charge is 0.0170 e. The van der Waals surface area contributed by atoms with Gasteiger partial charge in [-0.15, -0.1) is 0 Å². The summed E-state index contributed by atoms with van der Waals surface area (Å²) in [5.41, 5.74) is 0.958. The molecule has 0 radical (unpaired) electrons. The predicted molar refractivity (Wildman–Crippen MR) is 45.9 cm³/mol. The molecule has 0 atom stereocenters. The molecule has 0 aromatic carbocycles. The van der Waals surface area contributed by atoms with Crippen molar-refractivity contribution in [2.24, 2.45) is 10.8 Å². The van der Waals surface area contributed by atoms with Crippen LogP contribution in [0.25, 0.3) is 0 Å². The van der Waals surface area contributed by atoms with E-state index >= 15 is 0 Å². The lowest BCUT2D eigenvalue weighted by Gasteiger charge is -2.36. The van der Waals surface area contributed by atoms with Crippen LogP contribution in [0.15, 0.2) is 12.2 Å². The highest BCUT2D eigenvalue weighted by molar-refractivity contribution is 5.04. The van der Waals surface area contributed by atoms with Crippen LogP contribution in [0, 0.1) is 10.8 Å². The number of hydrogen-bond acceptors (Lipinski definition) is 0. The van der Waals surface area contributed by atoms with Crippen LogP contribution in [0.2, 0.25) is 0 Å². The van der Waals surface area contributed by atoms with E-state index in [2.05, 4.69) is 39.8 Å². The summed E-state index contributed by atoms with van der Waals surface area (Å²) < 4.78 is 0. The van der Waals surface area contributed by atoms with Gasteiger partial charge in [0.1, 0.15) is 0 Å². The van der Waals surface area contributed by atoms with Crippen molar-refractivity contribution in [3.8, 4) is 0 Å². The number of rotatable bonds is 0. The molecule has 1 aliphatic carbocycles. The van der Waals surface area contributed by atoms with E-state index in [1.807, 2.05) is 0 Å². The van der Waals surface area contributed by atoms with Crippen LogP contribution < -0.4 is 0 Å². The number of hydrogen-bond donors (Lipinski definition) is 0. The monoisotopic (exact) mass is 138 g/mol. The molecule has 1 rings (SSSR count). The van der Waals surface area contributed by atoms with E-state index < -0.39 is 0 Å². The topological polar surface area (TPSA) is 0 Å². The minimum absolute atomic E-state index is 0.432. The van der Waals surface area contributed by atoms with Crippen molar-refractivity contribution in [1.29, 1.82) is 0 Å². The fourth-order valence-electron chi connectivity index (χ4n) is 2.06. The Balaban J connectivity index is 2.73. The van der Waals surface area contributed by atoms with Crippen LogP contribution in [0.3, 0.4) is 0 Å². The summed E-state index contributed by atoms with van der Waals surface area (Å²) in [6.45, 7) is 9.31. The molecule has 0 heterocycles. The fraction of sp³-hybridized carbons (Fsp3) is 0.800. The highest BCUT2D eigenvalue weighted by atomic mass is 14.3. The Labute approximate surface area is 64.3 Å². The van der Waals surface area contributed by atoms with E-state index in [1.54, 1.807) is 0 Å². The highest BCUT2D eigenvalue weighted by Crippen LogP contribution is 2.41. The van der Waals surface area contributed by atoms with Crippen molar-refractivity contribution in [2.75, 3.05) is 0 Å². The zero-order chi connectivity index (χ0) is 7.83. The van der Waals surface area contributed by atoms with Gasteiger partial charge in [0.05, 0.1) is 0 Å². The van der Waals surface area contributed by atoms with Gasteiger partial charge in [0.25, 0.3) is 0 Å². The van der Waals surface area contributed by atoms with Crippen molar-refractivity contribution in [1.82, 2.24) is 0 Å². The van der Waals surface area contributed by atoms with Gasteiger partial charge in [-0.05, 0) is 23.7 Å². The standard InChI is InChI=1S/C10H18/c1-9(2)6-5-7-10(3,4)8-9/h5-6H,7-8H2,1-4H3. The second-order valence-corrected chi connectivity index (χ2v) is 4.94. The Morgan fingerprint density at radius 2 is 1.70 bits per heavy atom. The SMILES string of the molecule is CC1(C)C=CCC(C)(C)C1. The first-order valence-electron chi connectivity index (χ1n) is 4.09. The van der Waals surface area contributed by atoms with Crippen LogP contribution in [0.5, 0.6) is 0 Å². The molecule has 0 saturated heterocycles. The van der Waals surface area contributed by atoms with Crippen molar-refractivity contribution < 1.29 is 0 Å². The van der Waals surface area contributed by atoms with E-state index in [1.165, 1.54) is 12.8 Å². The summed E-state index contributed by atoms with van der Waals surface area (Å²) >= 11 is 0. The fourth-order valence-corrected chi connectivity index (χ4v) is 2.06. The molecule has 0 bridgehead atoms. The van der Waals surface area contributed by atoms with E-state index in [0.717, 1.165) is 0 Å². The van der Waals surface area contributed by atoms with Crippen LogP contribution in [0.4, 0.5) is 0 Å². The molecule has 0 aliphatic heterocycles. The van der Waals surface area contributed by atoms with E-state index in [-0.39, 0.29) is 0 Å². The molecule has 0 heteroatoms. The summed E-state index contributed by atoms with van der Waals surface area (Å²) in [6.07, 6.45) is 7.23. The molecule has 10 heavy (non-hydrogen) atoms. The highest BCUT2D eigenvalue weighted by Gasteiger charge is 2.28. The van der Waals surface area contributed by atoms with E-state index in [0.29, 0.717) is 10.8 Å². The van der Waals surface area contributed by atoms with Gasteiger partial charge in [-0.3, -0.25) is 0 Å². The summed E-state index contributed by atoms with van der Waals surface area (Å²) in [6, 6.07) is 0. The van der Waals surface area contributed by atoms with Gasteiger partial charge in [-0.2, -0.15) is 0 Å². The molecular formula is C10H18. The van der Waals surface area contributed by atoms with Gasteiger partial charge in [0, 0.05) is 0 Å². The molecule has 0 saturated carbocycles. The molecule has 0 spiro atoms. The average molecular weight is 138 g/mol. The molecular weight excluding hydrogens is 120 g/mol. The van der Waals surface area contributed by atoms with Gasteiger partial charge in [-0.25, -0.2) is 0 Å². The summed E-state index contributed by atoms with van der Waals surface area (Å²) in [7, 11) is 0. The normalized spacial score (nSPS) is 28.4. The Hall–Kier alpha value is -0.260. The zero-order valence-electron chi connectivity index (χ0n) is 7.57. The summed E-state index contributed by atoms with van der Waals surface area (Å²) in [5, 5.41) is 0. The van der Waals surface area contributed by atoms with Gasteiger partial charge in [-0.1, -0.05) is 39.8 Å². The van der Waals surface area contributed by atoms with Crippen molar-refractivity contribution >= 4 is 0 Å². The lowest BCUT2D eigenvalue weighted by molar-refractivity contribution is 0.223. The molecule has 0 aromatic rings. The molecule has 58 valence electrons. The summed E-state index contributed by atoms with van der Waals surface area (Å²) in [5.74, 6) is 0. The predicted octanol–water partition coefficient (Wildman–Crippen LogP) is 3.39. The number of allylic oxidation sites excluding steroid dienone is 2. The first-order valence-corrected chi connectivity index (χ1v) is 4.09. The van der Waals surface area contributed by atoms with Crippen LogP contribution in [0.1, 0.15) is 40.5 Å². The molecule has 0 aromatic heterocycles. The molecule has 0 unspecified atom stereocenters. The van der Waals surface area contributed by atoms with Gasteiger partial charge < -0.3 is 0 Å². The van der Waals surface area contributed by atoms with E-state index in [4.69, 9.17) is 0 Å². The maximum atomic E-state index is 2.35. The van der Waals surface area contributed by atoms with Gasteiger partial charge in [0.15, 0.2) is 0 Å². The largest absolute Gasteiger partial charge is 0.0875 e. The molecule has 0 fully saturated rings. The van der Waals surface area contributed by atoms with Crippen molar-refractivity contribution in [3.05, 3.63) is 12.2 Å². The van der Waals surface area contributed by atoms with Crippen molar-refractivity contribution in [3.63, 3.8) is 0 Å². The lowest BCUT2D eigenvalue weighted by atomic mass is 9.69. The molecule has 0 nitrogen and oxygen atoms in total. The maximum absolute atomic E-state index is 2.35. The maximum Gasteiger partial charge on any atom is -0.0170 e. The Morgan fingerprint density at radius 3 is 2.00 bits per heavy atom. The third kappa shape index (κ3) is 1.86. The van der Waals surface area contributed by atoms with Gasteiger partial charge >= 0.3 is 0 Å². The lowest BCUT2D eigenvalue weighted by Crippen LogP contribution is -2.24. The third-order valence-electron chi connectivity index (χ3n) is 2.17. The Bertz CT molecular complexity index is 149. The Kier molecular flexibility index (Phi) is 1.66. The minimum Gasteiger partial charge on any atom is -0.0875 e. The first kappa shape index (κ1) is 7.84. The van der Waals surface area contributed by atoms with Gasteiger partial charge in [0.2, 0.25) is 0 Å². The first-order chi connectivity index (χ1) is 4.41. The third-order valence-corrected chi connectivity index (χ3v) is 2.17. The van der Waals surface area contributed by atoms with Crippen LogP contribution >= 0.6 is 0 Å². The van der Waals surface area contributed by atoms with Crippen molar-refractivity contribution in [2.45, 2.75) is 40.5 Å². The molecule has 1 aliphatic rings. The Morgan fingerprint density at radius 1 is 1.10 bits per heavy atom. The molecule has 0 amide bonds. The van der Waals surface area contributed by atoms with Crippen LogP contribution in [-0.2, 0) is 0 Å². The second-order valence-electron chi connectivity index (χ2n) is 4.94. The summed E-state index contributed by atoms with van der Waals surface area (Å²) in [4.78, 5) is 0. The van der Waals surface area contributed by atoms with Crippen LogP contribution in [-0.4, -0.2) is 0 Å². The zero-order valence-corrected chi connectivity index (χ0v) is 7.57. The van der Waals surface area contributed by atoms with E-state index in [9.17, 15) is 0 Å². The quantitative estimate of drug-likeness (QED) is 0.450.